The Morgan fingerprint density at radius 2 is 2.09 bits per heavy atom. The van der Waals surface area contributed by atoms with Crippen molar-refractivity contribution >= 4 is 5.90 Å². The van der Waals surface area contributed by atoms with Crippen LogP contribution in [0.2, 0.25) is 0 Å². The first kappa shape index (κ1) is 6.27. The van der Waals surface area contributed by atoms with Crippen LogP contribution < -0.4 is 0 Å². The van der Waals surface area contributed by atoms with Crippen molar-refractivity contribution in [3.05, 3.63) is 24.3 Å². The molecule has 4 heteroatoms. The van der Waals surface area contributed by atoms with Gasteiger partial charge >= 0.3 is 0 Å². The summed E-state index contributed by atoms with van der Waals surface area (Å²) in [5.41, 5.74) is 0. The lowest BCUT2D eigenvalue weighted by atomic mass is 10.5. The first-order valence-electron chi connectivity index (χ1n) is 3.41. The first-order valence-corrected chi connectivity index (χ1v) is 3.41. The van der Waals surface area contributed by atoms with E-state index >= 15 is 0 Å². The van der Waals surface area contributed by atoms with Crippen LogP contribution in [0.4, 0.5) is 0 Å². The van der Waals surface area contributed by atoms with Crippen molar-refractivity contribution in [3.8, 4) is 0 Å². The van der Waals surface area contributed by atoms with Crippen molar-refractivity contribution < 1.29 is 4.74 Å². The zero-order chi connectivity index (χ0) is 7.52. The van der Waals surface area contributed by atoms with Crippen molar-refractivity contribution in [2.75, 3.05) is 13.2 Å². The van der Waals surface area contributed by atoms with Gasteiger partial charge in [-0.1, -0.05) is 0 Å². The number of aromatic nitrogens is 2. The highest BCUT2D eigenvalue weighted by Crippen LogP contribution is 2.00. The Labute approximate surface area is 64.0 Å². The van der Waals surface area contributed by atoms with Crippen LogP contribution in [0.3, 0.4) is 0 Å². The number of nitrogens with zero attached hydrogens (tertiary/aromatic N) is 3. The lowest BCUT2D eigenvalue weighted by Crippen LogP contribution is -2.05. The Hall–Kier alpha value is -1.45. The maximum absolute atomic E-state index is 5.16. The minimum Gasteiger partial charge on any atom is -0.473 e. The minimum absolute atomic E-state index is 0.561. The maximum Gasteiger partial charge on any atom is 0.255 e. The van der Waals surface area contributed by atoms with Crippen molar-refractivity contribution in [1.82, 2.24) is 9.97 Å². The van der Waals surface area contributed by atoms with E-state index in [0.717, 1.165) is 0 Å². The number of aliphatic imine (C=N–C) groups is 1. The summed E-state index contributed by atoms with van der Waals surface area (Å²) < 4.78 is 5.16. The van der Waals surface area contributed by atoms with E-state index in [2.05, 4.69) is 15.0 Å². The summed E-state index contributed by atoms with van der Waals surface area (Å²) in [5.74, 6) is 1.13. The molecule has 1 aliphatic rings. The molecular weight excluding hydrogens is 142 g/mol. The molecule has 0 radical (unpaired) electrons. The van der Waals surface area contributed by atoms with Gasteiger partial charge in [-0.2, -0.15) is 0 Å². The SMILES string of the molecule is c1cnc(C2=NCCO2)nc1. The van der Waals surface area contributed by atoms with Crippen molar-refractivity contribution in [3.63, 3.8) is 0 Å². The van der Waals surface area contributed by atoms with Gasteiger partial charge < -0.3 is 4.74 Å². The molecule has 0 saturated carbocycles. The molecule has 4 nitrogen and oxygen atoms in total. The molecule has 0 unspecified atom stereocenters. The molecule has 0 atom stereocenters. The Kier molecular flexibility index (Phi) is 1.51. The van der Waals surface area contributed by atoms with Crippen molar-refractivity contribution in [2.45, 2.75) is 0 Å². The summed E-state index contributed by atoms with van der Waals surface area (Å²) in [6, 6.07) is 1.76. The van der Waals surface area contributed by atoms with Crippen LogP contribution >= 0.6 is 0 Å². The van der Waals surface area contributed by atoms with Crippen LogP contribution in [0.5, 0.6) is 0 Å². The van der Waals surface area contributed by atoms with E-state index in [0.29, 0.717) is 24.9 Å². The third-order valence-corrected chi connectivity index (χ3v) is 1.34. The van der Waals surface area contributed by atoms with Gasteiger partial charge in [0.15, 0.2) is 0 Å². The second kappa shape index (κ2) is 2.65. The second-order valence-electron chi connectivity index (χ2n) is 2.11. The van der Waals surface area contributed by atoms with E-state index in [1.54, 1.807) is 18.5 Å². The van der Waals surface area contributed by atoms with E-state index in [1.165, 1.54) is 0 Å². The standard InChI is InChI=1S/C7H7N3O/c1-2-8-6(9-3-1)7-10-4-5-11-7/h1-3H,4-5H2. The maximum atomic E-state index is 5.16. The van der Waals surface area contributed by atoms with Crippen molar-refractivity contribution in [2.24, 2.45) is 4.99 Å². The Morgan fingerprint density at radius 3 is 2.73 bits per heavy atom. The third-order valence-electron chi connectivity index (χ3n) is 1.34. The molecule has 11 heavy (non-hydrogen) atoms. The number of ether oxygens (including phenoxy) is 1. The van der Waals surface area contributed by atoms with Crippen LogP contribution in [0, 0.1) is 0 Å². The van der Waals surface area contributed by atoms with Gasteiger partial charge in [0.2, 0.25) is 5.82 Å². The summed E-state index contributed by atoms with van der Waals surface area (Å²) in [7, 11) is 0. The number of hydrogen-bond donors (Lipinski definition) is 0. The molecule has 0 bridgehead atoms. The Balaban J connectivity index is 2.29. The molecule has 0 spiro atoms. The molecule has 1 aliphatic heterocycles. The average Bonchev–Trinajstić information content (AvgIpc) is 2.58. The van der Waals surface area contributed by atoms with Gasteiger partial charge in [0.25, 0.3) is 5.90 Å². The fraction of sp³-hybridized carbons (Fsp3) is 0.286. The minimum atomic E-state index is 0.561. The van der Waals surface area contributed by atoms with Crippen LogP contribution in [-0.4, -0.2) is 29.0 Å². The van der Waals surface area contributed by atoms with Gasteiger partial charge in [-0.3, -0.25) is 0 Å². The van der Waals surface area contributed by atoms with Crippen molar-refractivity contribution in [1.29, 1.82) is 0 Å². The summed E-state index contributed by atoms with van der Waals surface area (Å²) in [4.78, 5) is 12.1. The highest BCUT2D eigenvalue weighted by atomic mass is 16.5. The molecule has 0 fully saturated rings. The highest BCUT2D eigenvalue weighted by Gasteiger charge is 2.11. The molecule has 0 aliphatic carbocycles. The van der Waals surface area contributed by atoms with E-state index in [9.17, 15) is 0 Å². The summed E-state index contributed by atoms with van der Waals surface area (Å²) >= 11 is 0. The van der Waals surface area contributed by atoms with Gasteiger partial charge in [-0.25, -0.2) is 15.0 Å². The smallest absolute Gasteiger partial charge is 0.255 e. The zero-order valence-corrected chi connectivity index (χ0v) is 5.90. The predicted octanol–water partition coefficient (Wildman–Crippen LogP) is 0.253. The summed E-state index contributed by atoms with van der Waals surface area (Å²) in [6.07, 6.45) is 3.35. The molecule has 0 amide bonds. The van der Waals surface area contributed by atoms with Crippen LogP contribution in [0.25, 0.3) is 0 Å². The Bertz CT molecular complexity index is 270. The predicted molar refractivity (Wildman–Crippen MR) is 39.4 cm³/mol. The molecule has 2 rings (SSSR count). The zero-order valence-electron chi connectivity index (χ0n) is 5.90. The normalized spacial score (nSPS) is 15.8. The Morgan fingerprint density at radius 1 is 1.27 bits per heavy atom. The van der Waals surface area contributed by atoms with E-state index in [-0.39, 0.29) is 0 Å². The summed E-state index contributed by atoms with van der Waals surface area (Å²) in [6.45, 7) is 1.36. The fourth-order valence-corrected chi connectivity index (χ4v) is 0.880. The molecular formula is C7H7N3O. The quantitative estimate of drug-likeness (QED) is 0.575. The number of rotatable bonds is 1. The second-order valence-corrected chi connectivity index (χ2v) is 2.11. The largest absolute Gasteiger partial charge is 0.473 e. The monoisotopic (exact) mass is 149 g/mol. The van der Waals surface area contributed by atoms with E-state index in [1.807, 2.05) is 0 Å². The van der Waals surface area contributed by atoms with Gasteiger partial charge in [0.1, 0.15) is 6.61 Å². The average molecular weight is 149 g/mol. The fourth-order valence-electron chi connectivity index (χ4n) is 0.880. The van der Waals surface area contributed by atoms with Crippen LogP contribution in [0.15, 0.2) is 23.5 Å². The van der Waals surface area contributed by atoms with Crippen LogP contribution in [0.1, 0.15) is 5.82 Å². The third kappa shape index (κ3) is 1.19. The summed E-state index contributed by atoms with van der Waals surface area (Å²) in [5, 5.41) is 0. The lowest BCUT2D eigenvalue weighted by Gasteiger charge is -1.96. The van der Waals surface area contributed by atoms with E-state index in [4.69, 9.17) is 4.74 Å². The van der Waals surface area contributed by atoms with E-state index < -0.39 is 0 Å². The first-order chi connectivity index (χ1) is 5.47. The highest BCUT2D eigenvalue weighted by molar-refractivity contribution is 5.91. The van der Waals surface area contributed by atoms with Gasteiger partial charge in [-0.05, 0) is 6.07 Å². The molecule has 0 aromatic carbocycles. The molecule has 0 saturated heterocycles. The van der Waals surface area contributed by atoms with Gasteiger partial charge in [-0.15, -0.1) is 0 Å². The molecule has 0 N–H and O–H groups in total. The van der Waals surface area contributed by atoms with Gasteiger partial charge in [0.05, 0.1) is 6.54 Å². The molecule has 2 heterocycles. The lowest BCUT2D eigenvalue weighted by molar-refractivity contribution is 0.346. The van der Waals surface area contributed by atoms with Crippen LogP contribution in [-0.2, 0) is 4.74 Å². The number of hydrogen-bond acceptors (Lipinski definition) is 4. The van der Waals surface area contributed by atoms with Gasteiger partial charge in [0, 0.05) is 12.4 Å². The molecule has 1 aromatic rings. The molecule has 1 aromatic heterocycles. The molecule has 56 valence electrons. The topological polar surface area (TPSA) is 47.4 Å².